The number of aliphatic hydroxyl groups excluding tert-OH is 1. The smallest absolute Gasteiger partial charge is 0.185 e. The molecule has 0 unspecified atom stereocenters. The van der Waals surface area contributed by atoms with E-state index in [2.05, 4.69) is 4.99 Å². The second-order valence-corrected chi connectivity index (χ2v) is 5.72. The number of fused-ring (bicyclic) bond motifs is 3. The van der Waals surface area contributed by atoms with Gasteiger partial charge in [-0.25, -0.2) is 0 Å². The Bertz CT molecular complexity index is 862. The molecule has 0 fully saturated rings. The van der Waals surface area contributed by atoms with Crippen molar-refractivity contribution in [2.24, 2.45) is 12.0 Å². The van der Waals surface area contributed by atoms with Crippen molar-refractivity contribution in [3.63, 3.8) is 0 Å². The van der Waals surface area contributed by atoms with Gasteiger partial charge in [0.2, 0.25) is 0 Å². The Labute approximate surface area is 120 Å². The largest absolute Gasteiger partial charge is 0.507 e. The molecule has 2 aromatic carbocycles. The number of phenolic OH excluding ortho intramolecular Hbond substituents is 1. The summed E-state index contributed by atoms with van der Waals surface area (Å²) in [5.74, 6) is 0.337. The zero-order valence-electron chi connectivity index (χ0n) is 11.4. The highest BCUT2D eigenvalue weighted by Gasteiger charge is 2.14. The molecule has 3 rings (SSSR count). The maximum absolute atomic E-state index is 10.4. The van der Waals surface area contributed by atoms with Crippen LogP contribution >= 0.6 is 11.3 Å². The number of nitrogens with zero attached hydrogens (tertiary/aromatic N) is 2. The van der Waals surface area contributed by atoms with Crippen LogP contribution in [-0.4, -0.2) is 27.9 Å². The van der Waals surface area contributed by atoms with Crippen LogP contribution < -0.4 is 4.80 Å². The molecule has 0 spiro atoms. The molecule has 0 aliphatic heterocycles. The first-order chi connectivity index (χ1) is 9.65. The first-order valence-electron chi connectivity index (χ1n) is 6.46. The molecule has 5 heteroatoms. The maximum Gasteiger partial charge on any atom is 0.185 e. The molecule has 1 heterocycles. The fourth-order valence-corrected chi connectivity index (χ4v) is 3.66. The Hall–Kier alpha value is -1.85. The zero-order chi connectivity index (χ0) is 14.3. The van der Waals surface area contributed by atoms with Crippen LogP contribution in [0.1, 0.15) is 5.56 Å². The van der Waals surface area contributed by atoms with Crippen molar-refractivity contribution in [2.45, 2.75) is 6.92 Å². The van der Waals surface area contributed by atoms with Gasteiger partial charge in [-0.05, 0) is 6.92 Å². The average Bonchev–Trinajstić information content (AvgIpc) is 2.80. The van der Waals surface area contributed by atoms with Gasteiger partial charge in [0.05, 0.1) is 23.4 Å². The van der Waals surface area contributed by atoms with Crippen molar-refractivity contribution in [3.05, 3.63) is 34.6 Å². The van der Waals surface area contributed by atoms with E-state index in [1.807, 2.05) is 42.8 Å². The summed E-state index contributed by atoms with van der Waals surface area (Å²) in [6.45, 7) is 2.36. The van der Waals surface area contributed by atoms with Crippen LogP contribution in [0.3, 0.4) is 0 Å². The van der Waals surface area contributed by atoms with Gasteiger partial charge >= 0.3 is 0 Å². The number of hydrogen-bond donors (Lipinski definition) is 2. The molecule has 104 valence electrons. The Kier molecular flexibility index (Phi) is 3.23. The van der Waals surface area contributed by atoms with Gasteiger partial charge in [-0.1, -0.05) is 35.6 Å². The van der Waals surface area contributed by atoms with Gasteiger partial charge in [0.1, 0.15) is 5.75 Å². The topological polar surface area (TPSA) is 57.8 Å². The van der Waals surface area contributed by atoms with Crippen LogP contribution in [0.5, 0.6) is 5.75 Å². The lowest BCUT2D eigenvalue weighted by molar-refractivity contribution is 0.305. The Morgan fingerprint density at radius 1 is 1.25 bits per heavy atom. The monoisotopic (exact) mass is 288 g/mol. The van der Waals surface area contributed by atoms with Crippen molar-refractivity contribution in [2.75, 3.05) is 13.2 Å². The molecule has 4 nitrogen and oxygen atoms in total. The average molecular weight is 288 g/mol. The van der Waals surface area contributed by atoms with Crippen LogP contribution in [0, 0.1) is 6.92 Å². The van der Waals surface area contributed by atoms with E-state index in [4.69, 9.17) is 5.11 Å². The van der Waals surface area contributed by atoms with E-state index in [1.165, 1.54) is 0 Å². The van der Waals surface area contributed by atoms with E-state index in [-0.39, 0.29) is 6.61 Å². The molecule has 0 aliphatic rings. The second-order valence-electron chi connectivity index (χ2n) is 4.75. The number of aromatic nitrogens is 1. The molecule has 0 amide bonds. The number of thiazole rings is 1. The van der Waals surface area contributed by atoms with E-state index in [9.17, 15) is 5.11 Å². The predicted molar refractivity (Wildman–Crippen MR) is 82.2 cm³/mol. The summed E-state index contributed by atoms with van der Waals surface area (Å²) in [5.41, 5.74) is 1.96. The maximum atomic E-state index is 10.4. The third kappa shape index (κ3) is 1.82. The molecule has 0 bridgehead atoms. The van der Waals surface area contributed by atoms with Crippen LogP contribution in [0.2, 0.25) is 0 Å². The number of aryl methyl sites for hydroxylation is 2. The summed E-state index contributed by atoms with van der Waals surface area (Å²) in [7, 11) is 1.97. The molecule has 1 aromatic heterocycles. The fraction of sp³-hybridized carbons (Fsp3) is 0.267. The SMILES string of the molecule is Cc1c(O)c2ccccc2c2c1sc(=NCCO)n2C. The zero-order valence-corrected chi connectivity index (χ0v) is 12.2. The summed E-state index contributed by atoms with van der Waals surface area (Å²) < 4.78 is 3.07. The predicted octanol–water partition coefficient (Wildman–Crippen LogP) is 2.30. The van der Waals surface area contributed by atoms with Crippen molar-refractivity contribution < 1.29 is 10.2 Å². The lowest BCUT2D eigenvalue weighted by atomic mass is 10.0. The Balaban J connectivity index is 2.52. The summed E-state index contributed by atoms with van der Waals surface area (Å²) in [4.78, 5) is 5.24. The van der Waals surface area contributed by atoms with Gasteiger partial charge in [-0.3, -0.25) is 4.99 Å². The van der Waals surface area contributed by atoms with Gasteiger partial charge in [-0.2, -0.15) is 0 Å². The van der Waals surface area contributed by atoms with E-state index >= 15 is 0 Å². The fourth-order valence-electron chi connectivity index (χ4n) is 2.50. The Morgan fingerprint density at radius 3 is 2.65 bits per heavy atom. The van der Waals surface area contributed by atoms with Crippen molar-refractivity contribution in [1.29, 1.82) is 0 Å². The third-order valence-corrected chi connectivity index (χ3v) is 4.80. The summed E-state index contributed by atoms with van der Waals surface area (Å²) in [6.07, 6.45) is 0. The molecule has 0 atom stereocenters. The van der Waals surface area contributed by atoms with E-state index < -0.39 is 0 Å². The molecule has 0 radical (unpaired) electrons. The van der Waals surface area contributed by atoms with Crippen LogP contribution in [-0.2, 0) is 7.05 Å². The molecule has 2 N–H and O–H groups in total. The third-order valence-electron chi connectivity index (χ3n) is 3.51. The van der Waals surface area contributed by atoms with E-state index in [1.54, 1.807) is 11.3 Å². The number of aromatic hydroxyl groups is 1. The first-order valence-corrected chi connectivity index (χ1v) is 7.28. The van der Waals surface area contributed by atoms with Gasteiger partial charge in [-0.15, -0.1) is 0 Å². The summed E-state index contributed by atoms with van der Waals surface area (Å²) in [5, 5.41) is 21.2. The second kappa shape index (κ2) is 4.92. The van der Waals surface area contributed by atoms with Crippen molar-refractivity contribution in [3.8, 4) is 5.75 Å². The highest BCUT2D eigenvalue weighted by Crippen LogP contribution is 2.37. The van der Waals surface area contributed by atoms with E-state index in [0.29, 0.717) is 12.3 Å². The van der Waals surface area contributed by atoms with Crippen molar-refractivity contribution in [1.82, 2.24) is 4.57 Å². The minimum absolute atomic E-state index is 0.0409. The lowest BCUT2D eigenvalue weighted by Crippen LogP contribution is -2.11. The van der Waals surface area contributed by atoms with Gasteiger partial charge in [0.25, 0.3) is 0 Å². The highest BCUT2D eigenvalue weighted by molar-refractivity contribution is 7.16. The van der Waals surface area contributed by atoms with Gasteiger partial charge in [0, 0.05) is 23.4 Å². The number of hydrogen-bond acceptors (Lipinski definition) is 4. The standard InChI is InChI=1S/C15H16N2O2S/c1-9-13(19)11-6-4-3-5-10(11)12-14(9)20-15(17(12)2)16-7-8-18/h3-6,18-19H,7-8H2,1-2H3. The quantitative estimate of drug-likeness (QED) is 0.760. The summed E-state index contributed by atoms with van der Waals surface area (Å²) >= 11 is 1.54. The first kappa shape index (κ1) is 13.1. The molecule has 0 saturated heterocycles. The van der Waals surface area contributed by atoms with Crippen LogP contribution in [0.15, 0.2) is 29.3 Å². The minimum atomic E-state index is 0.0409. The molecule has 3 aromatic rings. The molecular formula is C15H16N2O2S. The van der Waals surface area contributed by atoms with Crippen LogP contribution in [0.25, 0.3) is 21.0 Å². The number of benzene rings is 2. The highest BCUT2D eigenvalue weighted by atomic mass is 32.1. The molecule has 0 saturated carbocycles. The number of rotatable bonds is 2. The number of phenols is 1. The normalized spacial score (nSPS) is 12.7. The minimum Gasteiger partial charge on any atom is -0.507 e. The lowest BCUT2D eigenvalue weighted by Gasteiger charge is -2.07. The molecular weight excluding hydrogens is 272 g/mol. The Morgan fingerprint density at radius 2 is 1.95 bits per heavy atom. The van der Waals surface area contributed by atoms with Gasteiger partial charge < -0.3 is 14.8 Å². The molecule has 20 heavy (non-hydrogen) atoms. The summed E-state index contributed by atoms with van der Waals surface area (Å²) in [6, 6.07) is 7.84. The van der Waals surface area contributed by atoms with Crippen molar-refractivity contribution >= 4 is 32.3 Å². The van der Waals surface area contributed by atoms with Gasteiger partial charge in [0.15, 0.2) is 4.80 Å². The van der Waals surface area contributed by atoms with E-state index in [0.717, 1.165) is 31.4 Å². The number of aliphatic hydroxyl groups is 1. The van der Waals surface area contributed by atoms with Crippen LogP contribution in [0.4, 0.5) is 0 Å². The molecule has 0 aliphatic carbocycles.